The van der Waals surface area contributed by atoms with Crippen LogP contribution in [0.2, 0.25) is 0 Å². The Kier molecular flexibility index (Phi) is 8.93. The SMILES string of the molecule is CCOC(=O)CC1c2cc(OCC)c(OCC)cc2CCN1CC(=O)Nc1ccc(C)c(C)c1. The lowest BCUT2D eigenvalue weighted by atomic mass is 9.90. The van der Waals surface area contributed by atoms with Crippen molar-refractivity contribution in [1.82, 2.24) is 4.90 Å². The number of hydrogen-bond acceptors (Lipinski definition) is 6. The van der Waals surface area contributed by atoms with Crippen LogP contribution in [0.15, 0.2) is 30.3 Å². The fourth-order valence-corrected chi connectivity index (χ4v) is 4.31. The van der Waals surface area contributed by atoms with E-state index in [9.17, 15) is 9.59 Å². The molecule has 0 saturated carbocycles. The number of aryl methyl sites for hydroxylation is 2. The molecule has 7 nitrogen and oxygen atoms in total. The maximum absolute atomic E-state index is 12.9. The molecule has 7 heteroatoms. The number of anilines is 1. The summed E-state index contributed by atoms with van der Waals surface area (Å²) in [5.41, 5.74) is 5.15. The first-order valence-electron chi connectivity index (χ1n) is 12.0. The molecule has 0 fully saturated rings. The van der Waals surface area contributed by atoms with E-state index >= 15 is 0 Å². The Hall–Kier alpha value is -3.06. The van der Waals surface area contributed by atoms with Crippen LogP contribution in [0.5, 0.6) is 11.5 Å². The molecule has 184 valence electrons. The number of hydrogen-bond donors (Lipinski definition) is 1. The normalized spacial score (nSPS) is 15.4. The van der Waals surface area contributed by atoms with Crippen molar-refractivity contribution in [2.45, 2.75) is 53.5 Å². The Morgan fingerprint density at radius 1 is 0.971 bits per heavy atom. The van der Waals surface area contributed by atoms with Crippen LogP contribution in [0.3, 0.4) is 0 Å². The van der Waals surface area contributed by atoms with Gasteiger partial charge in [-0.05, 0) is 87.6 Å². The van der Waals surface area contributed by atoms with Gasteiger partial charge >= 0.3 is 5.97 Å². The number of rotatable bonds is 10. The average Bonchev–Trinajstić information content (AvgIpc) is 2.79. The molecule has 0 saturated heterocycles. The van der Waals surface area contributed by atoms with Crippen LogP contribution in [-0.4, -0.2) is 49.7 Å². The van der Waals surface area contributed by atoms with E-state index in [1.165, 1.54) is 5.56 Å². The first-order chi connectivity index (χ1) is 16.4. The average molecular weight is 469 g/mol. The van der Waals surface area contributed by atoms with Gasteiger partial charge in [0.2, 0.25) is 5.91 Å². The minimum absolute atomic E-state index is 0.114. The van der Waals surface area contributed by atoms with Crippen LogP contribution in [0, 0.1) is 13.8 Å². The Bertz CT molecular complexity index is 1020. The standard InChI is InChI=1S/C27H36N2O5/c1-6-32-24-14-20-11-12-29(17-26(30)28-21-10-9-18(4)19(5)13-21)23(16-27(31)34-8-3)22(20)15-25(24)33-7-2/h9-10,13-15,23H,6-8,11-12,16-17H2,1-5H3,(H,28,30). The lowest BCUT2D eigenvalue weighted by molar-refractivity contribution is -0.145. The quantitative estimate of drug-likeness (QED) is 0.514. The van der Waals surface area contributed by atoms with Crippen LogP contribution in [0.25, 0.3) is 0 Å². The summed E-state index contributed by atoms with van der Waals surface area (Å²) in [6, 6.07) is 9.55. The minimum atomic E-state index is -0.289. The van der Waals surface area contributed by atoms with Gasteiger partial charge in [-0.3, -0.25) is 14.5 Å². The Balaban J connectivity index is 1.86. The van der Waals surface area contributed by atoms with Gasteiger partial charge in [-0.15, -0.1) is 0 Å². The van der Waals surface area contributed by atoms with E-state index in [-0.39, 0.29) is 30.9 Å². The minimum Gasteiger partial charge on any atom is -0.490 e. The Labute approximate surface area is 202 Å². The van der Waals surface area contributed by atoms with Crippen molar-refractivity contribution >= 4 is 17.6 Å². The van der Waals surface area contributed by atoms with Gasteiger partial charge < -0.3 is 19.5 Å². The Morgan fingerprint density at radius 3 is 2.32 bits per heavy atom. The van der Waals surface area contributed by atoms with Crippen molar-refractivity contribution in [3.63, 3.8) is 0 Å². The van der Waals surface area contributed by atoms with E-state index in [1.54, 1.807) is 6.92 Å². The van der Waals surface area contributed by atoms with Gasteiger partial charge in [0.1, 0.15) is 0 Å². The Morgan fingerprint density at radius 2 is 1.68 bits per heavy atom. The third-order valence-corrected chi connectivity index (χ3v) is 6.08. The molecule has 1 aliphatic heterocycles. The molecule has 1 unspecified atom stereocenters. The van der Waals surface area contributed by atoms with Crippen molar-refractivity contribution in [2.75, 3.05) is 38.2 Å². The molecular formula is C27H36N2O5. The number of nitrogens with zero attached hydrogens (tertiary/aromatic N) is 1. The summed E-state index contributed by atoms with van der Waals surface area (Å²) in [7, 11) is 0. The third kappa shape index (κ3) is 6.29. The predicted octanol–water partition coefficient (Wildman–Crippen LogP) is 4.59. The summed E-state index contributed by atoms with van der Waals surface area (Å²) < 4.78 is 16.9. The second-order valence-electron chi connectivity index (χ2n) is 8.46. The predicted molar refractivity (Wildman–Crippen MR) is 133 cm³/mol. The van der Waals surface area contributed by atoms with E-state index in [4.69, 9.17) is 14.2 Å². The molecule has 0 aromatic heterocycles. The molecule has 1 atom stereocenters. The van der Waals surface area contributed by atoms with E-state index < -0.39 is 0 Å². The summed E-state index contributed by atoms with van der Waals surface area (Å²) in [6.07, 6.45) is 0.912. The monoisotopic (exact) mass is 468 g/mol. The summed E-state index contributed by atoms with van der Waals surface area (Å²) in [5, 5.41) is 3.00. The van der Waals surface area contributed by atoms with Gasteiger partial charge in [0.25, 0.3) is 0 Å². The van der Waals surface area contributed by atoms with Gasteiger partial charge in [0, 0.05) is 18.3 Å². The number of carbonyl (C=O) groups excluding carboxylic acids is 2. The number of fused-ring (bicyclic) bond motifs is 1. The number of carbonyl (C=O) groups is 2. The highest BCUT2D eigenvalue weighted by Gasteiger charge is 2.32. The van der Waals surface area contributed by atoms with Gasteiger partial charge in [-0.25, -0.2) is 0 Å². The topological polar surface area (TPSA) is 77.1 Å². The van der Waals surface area contributed by atoms with Crippen molar-refractivity contribution in [3.8, 4) is 11.5 Å². The van der Waals surface area contributed by atoms with Gasteiger partial charge in [0.05, 0.1) is 32.8 Å². The van der Waals surface area contributed by atoms with Crippen molar-refractivity contribution < 1.29 is 23.8 Å². The van der Waals surface area contributed by atoms with Crippen LogP contribution >= 0.6 is 0 Å². The molecule has 1 N–H and O–H groups in total. The lowest BCUT2D eigenvalue weighted by Crippen LogP contribution is -2.41. The van der Waals surface area contributed by atoms with Crippen LogP contribution in [0.4, 0.5) is 5.69 Å². The van der Waals surface area contributed by atoms with Crippen molar-refractivity contribution in [1.29, 1.82) is 0 Å². The molecular weight excluding hydrogens is 432 g/mol. The first kappa shape index (κ1) is 25.6. The van der Waals surface area contributed by atoms with E-state index in [1.807, 2.05) is 62.9 Å². The molecule has 2 aromatic rings. The number of benzene rings is 2. The van der Waals surface area contributed by atoms with E-state index in [0.717, 1.165) is 28.8 Å². The van der Waals surface area contributed by atoms with Gasteiger partial charge in [-0.1, -0.05) is 6.07 Å². The fraction of sp³-hybridized carbons (Fsp3) is 0.481. The zero-order chi connectivity index (χ0) is 24.7. The fourth-order valence-electron chi connectivity index (χ4n) is 4.31. The maximum atomic E-state index is 12.9. The zero-order valence-corrected chi connectivity index (χ0v) is 20.9. The van der Waals surface area contributed by atoms with Crippen LogP contribution < -0.4 is 14.8 Å². The number of ether oxygens (including phenoxy) is 3. The summed E-state index contributed by atoms with van der Waals surface area (Å²) >= 11 is 0. The summed E-state index contributed by atoms with van der Waals surface area (Å²) in [4.78, 5) is 27.5. The highest BCUT2D eigenvalue weighted by atomic mass is 16.5. The van der Waals surface area contributed by atoms with Gasteiger partial charge in [0.15, 0.2) is 11.5 Å². The molecule has 0 aliphatic carbocycles. The molecule has 1 aliphatic rings. The molecule has 0 spiro atoms. The second-order valence-corrected chi connectivity index (χ2v) is 8.46. The third-order valence-electron chi connectivity index (χ3n) is 6.08. The highest BCUT2D eigenvalue weighted by molar-refractivity contribution is 5.92. The maximum Gasteiger partial charge on any atom is 0.307 e. The largest absolute Gasteiger partial charge is 0.490 e. The van der Waals surface area contributed by atoms with Crippen LogP contribution in [-0.2, 0) is 20.7 Å². The second kappa shape index (κ2) is 11.9. The molecule has 2 aromatic carbocycles. The van der Waals surface area contributed by atoms with Crippen molar-refractivity contribution in [2.24, 2.45) is 0 Å². The number of nitrogens with one attached hydrogen (secondary N) is 1. The molecule has 3 rings (SSSR count). The summed E-state index contributed by atoms with van der Waals surface area (Å²) in [6.45, 7) is 11.9. The smallest absolute Gasteiger partial charge is 0.307 e. The van der Waals surface area contributed by atoms with E-state index in [2.05, 4.69) is 5.32 Å². The highest BCUT2D eigenvalue weighted by Crippen LogP contribution is 2.40. The molecule has 0 bridgehead atoms. The molecule has 1 amide bonds. The number of esters is 1. The number of amides is 1. The zero-order valence-electron chi connectivity index (χ0n) is 20.9. The molecule has 0 radical (unpaired) electrons. The molecule has 34 heavy (non-hydrogen) atoms. The summed E-state index contributed by atoms with van der Waals surface area (Å²) in [5.74, 6) is 0.959. The van der Waals surface area contributed by atoms with Crippen molar-refractivity contribution in [3.05, 3.63) is 52.6 Å². The van der Waals surface area contributed by atoms with Crippen LogP contribution in [0.1, 0.15) is 55.5 Å². The van der Waals surface area contributed by atoms with E-state index in [0.29, 0.717) is 37.9 Å². The molecule has 1 heterocycles. The first-order valence-corrected chi connectivity index (χ1v) is 12.0. The van der Waals surface area contributed by atoms with Gasteiger partial charge in [-0.2, -0.15) is 0 Å². The lowest BCUT2D eigenvalue weighted by Gasteiger charge is -2.37.